The zero-order valence-corrected chi connectivity index (χ0v) is 23.0. The van der Waals surface area contributed by atoms with Crippen LogP contribution in [0.3, 0.4) is 0 Å². The summed E-state index contributed by atoms with van der Waals surface area (Å²) in [4.78, 5) is 36.1. The van der Waals surface area contributed by atoms with Crippen LogP contribution in [0, 0.1) is 5.92 Å². The Labute approximate surface area is 225 Å². The van der Waals surface area contributed by atoms with Gasteiger partial charge in [0.05, 0.1) is 7.11 Å². The number of carbonyl (C=O) groups is 3. The molecular formula is C32H37NO5. The van der Waals surface area contributed by atoms with Gasteiger partial charge >= 0.3 is 5.97 Å². The van der Waals surface area contributed by atoms with Crippen LogP contribution in [-0.4, -0.2) is 31.3 Å². The standard InChI is InChI=1S/C32H37NO5/c1-20(2)17-30(25-11-13-26(14-12-25)31(35)33-22(5)32(36)37-6)38-28-15-16-29(27(18-28)19-34)24-9-7-23(8-10-24)21(3)4/h7-16,18-22,30H,17H2,1-6H3,(H,33,35). The van der Waals surface area contributed by atoms with E-state index in [1.54, 1.807) is 25.1 Å². The molecule has 38 heavy (non-hydrogen) atoms. The third kappa shape index (κ3) is 7.31. The highest BCUT2D eigenvalue weighted by molar-refractivity contribution is 5.96. The van der Waals surface area contributed by atoms with Gasteiger partial charge in [-0.05, 0) is 77.8 Å². The third-order valence-electron chi connectivity index (χ3n) is 6.45. The molecule has 0 saturated carbocycles. The number of amides is 1. The highest BCUT2D eigenvalue weighted by Crippen LogP contribution is 2.32. The number of nitrogens with one attached hydrogen (secondary N) is 1. The minimum Gasteiger partial charge on any atom is -0.486 e. The fraction of sp³-hybridized carbons (Fsp3) is 0.344. The molecule has 0 heterocycles. The Morgan fingerprint density at radius 2 is 1.50 bits per heavy atom. The maximum absolute atomic E-state index is 12.5. The lowest BCUT2D eigenvalue weighted by molar-refractivity contribution is -0.142. The van der Waals surface area contributed by atoms with E-state index in [9.17, 15) is 14.4 Å². The number of esters is 1. The molecule has 3 aromatic carbocycles. The number of methoxy groups -OCH3 is 1. The number of carbonyl (C=O) groups excluding carboxylic acids is 3. The van der Waals surface area contributed by atoms with Gasteiger partial charge in [0.2, 0.25) is 0 Å². The molecule has 0 saturated heterocycles. The molecule has 1 amide bonds. The minimum atomic E-state index is -0.743. The van der Waals surface area contributed by atoms with Crippen LogP contribution in [0.2, 0.25) is 0 Å². The van der Waals surface area contributed by atoms with Crippen molar-refractivity contribution in [3.63, 3.8) is 0 Å². The molecular weight excluding hydrogens is 478 g/mol. The van der Waals surface area contributed by atoms with Crippen molar-refractivity contribution in [2.24, 2.45) is 5.92 Å². The summed E-state index contributed by atoms with van der Waals surface area (Å²) < 4.78 is 11.0. The zero-order valence-electron chi connectivity index (χ0n) is 23.0. The Morgan fingerprint density at radius 3 is 2.05 bits per heavy atom. The highest BCUT2D eigenvalue weighted by atomic mass is 16.5. The summed E-state index contributed by atoms with van der Waals surface area (Å²) in [5.74, 6) is 0.536. The summed E-state index contributed by atoms with van der Waals surface area (Å²) in [7, 11) is 1.28. The van der Waals surface area contributed by atoms with Gasteiger partial charge in [0.1, 0.15) is 17.9 Å². The SMILES string of the molecule is COC(=O)C(C)NC(=O)c1ccc(C(CC(C)C)Oc2ccc(-c3ccc(C(C)C)cc3)c(C=O)c2)cc1. The Hall–Kier alpha value is -3.93. The molecule has 0 bridgehead atoms. The van der Waals surface area contributed by atoms with E-state index in [1.807, 2.05) is 36.4 Å². The first-order valence-electron chi connectivity index (χ1n) is 13.0. The van der Waals surface area contributed by atoms with Gasteiger partial charge in [-0.1, -0.05) is 64.1 Å². The van der Waals surface area contributed by atoms with Gasteiger partial charge in [-0.15, -0.1) is 0 Å². The molecule has 0 aromatic heterocycles. The van der Waals surface area contributed by atoms with Crippen molar-refractivity contribution in [1.82, 2.24) is 5.32 Å². The Kier molecular flexibility index (Phi) is 9.83. The zero-order chi connectivity index (χ0) is 27.8. The predicted octanol–water partition coefficient (Wildman–Crippen LogP) is 6.75. The molecule has 2 atom stereocenters. The second-order valence-corrected chi connectivity index (χ2v) is 10.2. The Balaban J connectivity index is 1.81. The first kappa shape index (κ1) is 28.6. The maximum atomic E-state index is 12.5. The molecule has 200 valence electrons. The molecule has 1 N–H and O–H groups in total. The van der Waals surface area contributed by atoms with Crippen LogP contribution >= 0.6 is 0 Å². The van der Waals surface area contributed by atoms with Crippen molar-refractivity contribution >= 4 is 18.2 Å². The molecule has 0 spiro atoms. The first-order chi connectivity index (χ1) is 18.1. The van der Waals surface area contributed by atoms with Crippen molar-refractivity contribution in [3.8, 4) is 16.9 Å². The van der Waals surface area contributed by atoms with Gasteiger partial charge in [0.15, 0.2) is 6.29 Å². The second kappa shape index (κ2) is 13.0. The van der Waals surface area contributed by atoms with Crippen LogP contribution in [0.4, 0.5) is 0 Å². The van der Waals surface area contributed by atoms with E-state index >= 15 is 0 Å². The number of hydrogen-bond acceptors (Lipinski definition) is 5. The van der Waals surface area contributed by atoms with Crippen molar-refractivity contribution in [3.05, 3.63) is 89.0 Å². The van der Waals surface area contributed by atoms with Crippen molar-refractivity contribution in [2.45, 2.75) is 59.1 Å². The molecule has 2 unspecified atom stereocenters. The largest absolute Gasteiger partial charge is 0.486 e. The molecule has 0 aliphatic carbocycles. The number of hydrogen-bond donors (Lipinski definition) is 1. The lowest BCUT2D eigenvalue weighted by Crippen LogP contribution is -2.39. The van der Waals surface area contributed by atoms with Gasteiger partial charge in [0, 0.05) is 11.1 Å². The van der Waals surface area contributed by atoms with Crippen LogP contribution in [0.5, 0.6) is 5.75 Å². The fourth-order valence-corrected chi connectivity index (χ4v) is 4.23. The Morgan fingerprint density at radius 1 is 0.868 bits per heavy atom. The molecule has 0 aliphatic rings. The van der Waals surface area contributed by atoms with E-state index in [2.05, 4.69) is 49.9 Å². The molecule has 0 radical (unpaired) electrons. The van der Waals surface area contributed by atoms with Gasteiger partial charge in [-0.3, -0.25) is 9.59 Å². The summed E-state index contributed by atoms with van der Waals surface area (Å²) in [5, 5.41) is 2.63. The molecule has 6 heteroatoms. The predicted molar refractivity (Wildman–Crippen MR) is 150 cm³/mol. The Bertz CT molecular complexity index is 1250. The topological polar surface area (TPSA) is 81.7 Å². The molecule has 6 nitrogen and oxygen atoms in total. The van der Waals surface area contributed by atoms with Crippen LogP contribution < -0.4 is 10.1 Å². The number of aldehydes is 1. The summed E-state index contributed by atoms with van der Waals surface area (Å²) in [6, 6.07) is 20.3. The van der Waals surface area contributed by atoms with Crippen LogP contribution in [0.1, 0.15) is 84.9 Å². The molecule has 0 aliphatic heterocycles. The van der Waals surface area contributed by atoms with Crippen LogP contribution in [0.25, 0.3) is 11.1 Å². The normalized spacial score (nSPS) is 12.6. The van der Waals surface area contributed by atoms with Crippen molar-refractivity contribution in [1.29, 1.82) is 0 Å². The maximum Gasteiger partial charge on any atom is 0.328 e. The van der Waals surface area contributed by atoms with Crippen LogP contribution in [-0.2, 0) is 9.53 Å². The molecule has 3 rings (SSSR count). The summed E-state index contributed by atoms with van der Waals surface area (Å²) in [6.45, 7) is 10.1. The quantitative estimate of drug-likeness (QED) is 0.226. The first-order valence-corrected chi connectivity index (χ1v) is 13.0. The van der Waals surface area contributed by atoms with Gasteiger partial charge in [-0.25, -0.2) is 4.79 Å². The summed E-state index contributed by atoms with van der Waals surface area (Å²) in [5.41, 5.74) is 5.01. The average Bonchev–Trinajstić information content (AvgIpc) is 2.91. The average molecular weight is 516 g/mol. The van der Waals surface area contributed by atoms with Crippen LogP contribution in [0.15, 0.2) is 66.7 Å². The van der Waals surface area contributed by atoms with E-state index in [0.717, 1.165) is 29.4 Å². The smallest absolute Gasteiger partial charge is 0.328 e. The number of benzene rings is 3. The van der Waals surface area contributed by atoms with E-state index in [1.165, 1.54) is 12.7 Å². The van der Waals surface area contributed by atoms with E-state index in [0.29, 0.717) is 28.7 Å². The van der Waals surface area contributed by atoms with E-state index in [-0.39, 0.29) is 12.0 Å². The highest BCUT2D eigenvalue weighted by Gasteiger charge is 2.20. The summed E-state index contributed by atoms with van der Waals surface area (Å²) in [6.07, 6.45) is 1.34. The lowest BCUT2D eigenvalue weighted by Gasteiger charge is -2.22. The van der Waals surface area contributed by atoms with Gasteiger partial charge in [0.25, 0.3) is 5.91 Å². The van der Waals surface area contributed by atoms with Gasteiger partial charge < -0.3 is 14.8 Å². The van der Waals surface area contributed by atoms with E-state index in [4.69, 9.17) is 4.74 Å². The summed E-state index contributed by atoms with van der Waals surface area (Å²) >= 11 is 0. The second-order valence-electron chi connectivity index (χ2n) is 10.2. The minimum absolute atomic E-state index is 0.267. The van der Waals surface area contributed by atoms with Gasteiger partial charge in [-0.2, -0.15) is 0 Å². The lowest BCUT2D eigenvalue weighted by atomic mass is 9.96. The number of ether oxygens (including phenoxy) is 2. The van der Waals surface area contributed by atoms with Crippen molar-refractivity contribution < 1.29 is 23.9 Å². The third-order valence-corrected chi connectivity index (χ3v) is 6.45. The monoisotopic (exact) mass is 515 g/mol. The molecule has 0 fully saturated rings. The number of rotatable bonds is 11. The van der Waals surface area contributed by atoms with E-state index < -0.39 is 12.0 Å². The van der Waals surface area contributed by atoms with Crippen molar-refractivity contribution in [2.75, 3.05) is 7.11 Å². The fourth-order valence-electron chi connectivity index (χ4n) is 4.23. The molecule has 3 aromatic rings.